The van der Waals surface area contributed by atoms with Gasteiger partial charge in [-0.2, -0.15) is 0 Å². The number of amides is 2. The maximum atomic E-state index is 14.3. The number of ether oxygens (including phenoxy) is 2. The number of carbonyl (C=O) groups is 2. The van der Waals surface area contributed by atoms with Crippen molar-refractivity contribution in [3.63, 3.8) is 0 Å². The second-order valence-electron chi connectivity index (χ2n) is 12.6. The van der Waals surface area contributed by atoms with E-state index in [9.17, 15) is 9.59 Å². The van der Waals surface area contributed by atoms with Crippen molar-refractivity contribution < 1.29 is 19.1 Å². The molecule has 3 aromatic carbocycles. The maximum absolute atomic E-state index is 14.3. The fraction of sp³-hybridized carbons (Fsp3) is 0.368. The van der Waals surface area contributed by atoms with Gasteiger partial charge in [0.1, 0.15) is 17.2 Å². The van der Waals surface area contributed by atoms with Crippen LogP contribution in [0.5, 0.6) is 11.5 Å². The molecule has 0 spiro atoms. The first-order valence-electron chi connectivity index (χ1n) is 16.5. The molecule has 4 aromatic rings. The van der Waals surface area contributed by atoms with Gasteiger partial charge in [0.15, 0.2) is 0 Å². The van der Waals surface area contributed by atoms with E-state index in [2.05, 4.69) is 15.5 Å². The summed E-state index contributed by atoms with van der Waals surface area (Å²) in [5.74, 6) is 1.29. The zero-order valence-electron chi connectivity index (χ0n) is 26.8. The van der Waals surface area contributed by atoms with Gasteiger partial charge in [0.2, 0.25) is 0 Å². The lowest BCUT2D eigenvalue weighted by Crippen LogP contribution is -2.48. The monoisotopic (exact) mass is 618 g/mol. The van der Waals surface area contributed by atoms with Gasteiger partial charge >= 0.3 is 0 Å². The van der Waals surface area contributed by atoms with E-state index in [0.29, 0.717) is 36.1 Å². The van der Waals surface area contributed by atoms with E-state index in [1.165, 1.54) is 32.4 Å². The van der Waals surface area contributed by atoms with Gasteiger partial charge in [-0.15, -0.1) is 0 Å². The Kier molecular flexibility index (Phi) is 8.54. The van der Waals surface area contributed by atoms with Crippen molar-refractivity contribution in [2.45, 2.75) is 51.2 Å². The van der Waals surface area contributed by atoms with Crippen LogP contribution in [0.1, 0.15) is 64.2 Å². The predicted molar refractivity (Wildman–Crippen MR) is 180 cm³/mol. The number of rotatable bonds is 6. The number of nitrogens with zero attached hydrogens (tertiary/aromatic N) is 4. The molecule has 1 aromatic heterocycles. The highest BCUT2D eigenvalue weighted by atomic mass is 16.5. The number of para-hydroxylation sites is 2. The molecule has 2 saturated heterocycles. The van der Waals surface area contributed by atoms with Crippen LogP contribution >= 0.6 is 0 Å². The summed E-state index contributed by atoms with van der Waals surface area (Å²) in [5.41, 5.74) is 5.76. The van der Waals surface area contributed by atoms with Crippen molar-refractivity contribution in [2.24, 2.45) is 0 Å². The van der Waals surface area contributed by atoms with Crippen LogP contribution in [0.2, 0.25) is 0 Å². The number of piperidine rings is 2. The van der Waals surface area contributed by atoms with Gasteiger partial charge in [-0.1, -0.05) is 42.8 Å². The minimum Gasteiger partial charge on any atom is -0.496 e. The minimum atomic E-state index is -0.125. The van der Waals surface area contributed by atoms with Crippen molar-refractivity contribution in [2.75, 3.05) is 45.3 Å². The Morgan fingerprint density at radius 1 is 0.696 bits per heavy atom. The Hall–Kier alpha value is -4.56. The first-order chi connectivity index (χ1) is 22.6. The molecule has 0 unspecified atom stereocenters. The van der Waals surface area contributed by atoms with Crippen molar-refractivity contribution in [1.82, 2.24) is 14.4 Å². The van der Waals surface area contributed by atoms with Crippen molar-refractivity contribution in [3.05, 3.63) is 101 Å². The van der Waals surface area contributed by atoms with Gasteiger partial charge in [0.05, 0.1) is 27.3 Å². The fourth-order valence-corrected chi connectivity index (χ4v) is 7.48. The molecule has 0 aliphatic carbocycles. The highest BCUT2D eigenvalue weighted by Gasteiger charge is 2.32. The summed E-state index contributed by atoms with van der Waals surface area (Å²) in [7, 11) is 3.26. The number of hydrogen-bond donors (Lipinski definition) is 0. The number of anilines is 1. The maximum Gasteiger partial charge on any atom is 0.270 e. The smallest absolute Gasteiger partial charge is 0.270 e. The number of aromatic nitrogens is 1. The molecule has 0 radical (unpaired) electrons. The molecule has 46 heavy (non-hydrogen) atoms. The van der Waals surface area contributed by atoms with Crippen molar-refractivity contribution >= 4 is 17.5 Å². The Morgan fingerprint density at radius 3 is 2.20 bits per heavy atom. The van der Waals surface area contributed by atoms with Crippen LogP contribution in [0.25, 0.3) is 11.1 Å². The van der Waals surface area contributed by atoms with E-state index in [-0.39, 0.29) is 11.8 Å². The molecule has 0 saturated carbocycles. The molecular weight excluding hydrogens is 576 g/mol. The normalized spacial score (nSPS) is 17.2. The van der Waals surface area contributed by atoms with Gasteiger partial charge in [-0.3, -0.25) is 9.59 Å². The standard InChI is InChI=1S/C38H42N4O4/c1-45-35-13-7-5-11-31(35)32-16-14-27(24-36(32)46-2)37(43)42-26-30-15-17-34(41(30)25-28-10-4-6-12-33(28)42)38(44)40-22-18-29(19-23-40)39-20-8-3-9-21-39/h4-7,10-17,24,29H,3,8-9,18-23,25-26H2,1-2H3. The summed E-state index contributed by atoms with van der Waals surface area (Å²) in [6.07, 6.45) is 5.98. The topological polar surface area (TPSA) is 67.2 Å². The largest absolute Gasteiger partial charge is 0.496 e. The van der Waals surface area contributed by atoms with Crippen LogP contribution in [0.4, 0.5) is 5.69 Å². The van der Waals surface area contributed by atoms with E-state index in [0.717, 1.165) is 59.8 Å². The molecule has 0 N–H and O–H groups in total. The minimum absolute atomic E-state index is 0.0808. The SMILES string of the molecule is COc1ccccc1-c1ccc(C(=O)N2Cc3ccc(C(=O)N4CCC(N5CCCCC5)CC4)n3Cc3ccccc32)cc1OC. The zero-order valence-corrected chi connectivity index (χ0v) is 26.8. The van der Waals surface area contributed by atoms with E-state index in [4.69, 9.17) is 9.47 Å². The quantitative estimate of drug-likeness (QED) is 0.248. The van der Waals surface area contributed by atoms with Gasteiger partial charge in [0.25, 0.3) is 11.8 Å². The molecule has 2 fully saturated rings. The molecule has 7 rings (SSSR count). The first kappa shape index (κ1) is 30.1. The molecule has 0 atom stereocenters. The van der Waals surface area contributed by atoms with Crippen LogP contribution in [-0.2, 0) is 13.1 Å². The summed E-state index contributed by atoms with van der Waals surface area (Å²) < 4.78 is 13.5. The molecule has 238 valence electrons. The molecule has 4 heterocycles. The van der Waals surface area contributed by atoms with E-state index >= 15 is 0 Å². The van der Waals surface area contributed by atoms with Crippen molar-refractivity contribution in [1.29, 1.82) is 0 Å². The summed E-state index contributed by atoms with van der Waals surface area (Å²) in [4.78, 5) is 34.7. The lowest BCUT2D eigenvalue weighted by molar-refractivity contribution is 0.0580. The Morgan fingerprint density at radius 2 is 1.41 bits per heavy atom. The summed E-state index contributed by atoms with van der Waals surface area (Å²) in [6.45, 7) is 4.85. The number of methoxy groups -OCH3 is 2. The average Bonchev–Trinajstić information content (AvgIpc) is 3.43. The predicted octanol–water partition coefficient (Wildman–Crippen LogP) is 6.47. The lowest BCUT2D eigenvalue weighted by Gasteiger charge is -2.40. The summed E-state index contributed by atoms with van der Waals surface area (Å²) in [6, 6.07) is 25.9. The average molecular weight is 619 g/mol. The van der Waals surface area contributed by atoms with Crippen LogP contribution in [0.15, 0.2) is 78.9 Å². The molecule has 2 amide bonds. The van der Waals surface area contributed by atoms with E-state index < -0.39 is 0 Å². The fourth-order valence-electron chi connectivity index (χ4n) is 7.48. The highest BCUT2D eigenvalue weighted by molar-refractivity contribution is 6.07. The van der Waals surface area contributed by atoms with Gasteiger partial charge in [-0.05, 0) is 86.8 Å². The molecule has 3 aliphatic heterocycles. The Labute approximate surface area is 271 Å². The Balaban J connectivity index is 1.15. The van der Waals surface area contributed by atoms with Crippen LogP contribution in [0, 0.1) is 0 Å². The number of fused-ring (bicyclic) bond motifs is 2. The third kappa shape index (κ3) is 5.66. The number of likely N-dealkylation sites (tertiary alicyclic amines) is 2. The molecule has 8 heteroatoms. The van der Waals surface area contributed by atoms with Crippen molar-refractivity contribution in [3.8, 4) is 22.6 Å². The van der Waals surface area contributed by atoms with Gasteiger partial charge < -0.3 is 28.7 Å². The van der Waals surface area contributed by atoms with Crippen LogP contribution < -0.4 is 14.4 Å². The van der Waals surface area contributed by atoms with E-state index in [1.807, 2.05) is 76.5 Å². The van der Waals surface area contributed by atoms with Crippen LogP contribution in [-0.4, -0.2) is 72.6 Å². The summed E-state index contributed by atoms with van der Waals surface area (Å²) >= 11 is 0. The molecule has 0 bridgehead atoms. The third-order valence-corrected chi connectivity index (χ3v) is 9.97. The molecular formula is C38H42N4O4. The van der Waals surface area contributed by atoms with Gasteiger partial charge in [0, 0.05) is 47.2 Å². The third-order valence-electron chi connectivity index (χ3n) is 9.97. The first-order valence-corrected chi connectivity index (χ1v) is 16.5. The zero-order chi connectivity index (χ0) is 31.6. The van der Waals surface area contributed by atoms with Gasteiger partial charge in [-0.25, -0.2) is 0 Å². The number of carbonyl (C=O) groups excluding carboxylic acids is 2. The lowest BCUT2D eigenvalue weighted by atomic mass is 9.99. The second kappa shape index (κ2) is 13.0. The van der Waals surface area contributed by atoms with Crippen LogP contribution in [0.3, 0.4) is 0 Å². The molecule has 3 aliphatic rings. The Bertz CT molecular complexity index is 1730. The number of benzene rings is 3. The second-order valence-corrected chi connectivity index (χ2v) is 12.6. The molecule has 8 nitrogen and oxygen atoms in total. The highest BCUT2D eigenvalue weighted by Crippen LogP contribution is 2.38. The summed E-state index contributed by atoms with van der Waals surface area (Å²) in [5, 5.41) is 0. The number of hydrogen-bond acceptors (Lipinski definition) is 5. The van der Waals surface area contributed by atoms with E-state index in [1.54, 1.807) is 20.3 Å².